The van der Waals surface area contributed by atoms with Gasteiger partial charge in [0.15, 0.2) is 16.9 Å². The number of carbonyl (C=O) groups excluding carboxylic acids is 1. The van der Waals surface area contributed by atoms with Gasteiger partial charge in [-0.2, -0.15) is 0 Å². The van der Waals surface area contributed by atoms with E-state index in [1.54, 1.807) is 42.3 Å². The maximum absolute atomic E-state index is 14.0. The zero-order valence-corrected chi connectivity index (χ0v) is 22.9. The maximum Gasteiger partial charge on any atom is 0.291 e. The number of hydrogen-bond donors (Lipinski definition) is 0. The van der Waals surface area contributed by atoms with Crippen molar-refractivity contribution >= 4 is 16.9 Å². The van der Waals surface area contributed by atoms with E-state index in [1.807, 2.05) is 56.3 Å². The van der Waals surface area contributed by atoms with E-state index in [0.717, 1.165) is 22.3 Å². The molecule has 0 N–H and O–H groups in total. The van der Waals surface area contributed by atoms with Gasteiger partial charge in [0.25, 0.3) is 5.91 Å². The number of carbonyl (C=O) groups is 1. The van der Waals surface area contributed by atoms with Gasteiger partial charge >= 0.3 is 0 Å². The Kier molecular flexibility index (Phi) is 6.79. The highest BCUT2D eigenvalue weighted by molar-refractivity contribution is 5.99. The highest BCUT2D eigenvalue weighted by Gasteiger charge is 2.43. The van der Waals surface area contributed by atoms with Gasteiger partial charge in [0.05, 0.1) is 24.1 Å². The monoisotopic (exact) mass is 549 g/mol. The second-order valence-corrected chi connectivity index (χ2v) is 10.3. The molecule has 1 atom stereocenters. The van der Waals surface area contributed by atoms with Crippen LogP contribution in [-0.2, 0) is 13.2 Å². The summed E-state index contributed by atoms with van der Waals surface area (Å²) < 4.78 is 31.5. The summed E-state index contributed by atoms with van der Waals surface area (Å²) in [4.78, 5) is 29.4. The number of rotatable bonds is 7. The minimum Gasteiger partial charge on any atom is -0.493 e. The third kappa shape index (κ3) is 4.84. The predicted molar refractivity (Wildman–Crippen MR) is 154 cm³/mol. The van der Waals surface area contributed by atoms with Gasteiger partial charge in [-0.25, -0.2) is 4.39 Å². The maximum atomic E-state index is 14.0. The van der Waals surface area contributed by atoms with E-state index in [9.17, 15) is 14.0 Å². The Balaban J connectivity index is 1.46. The fourth-order valence-electron chi connectivity index (χ4n) is 5.28. The molecule has 0 saturated carbocycles. The first-order valence-electron chi connectivity index (χ1n) is 13.3. The van der Waals surface area contributed by atoms with Crippen molar-refractivity contribution in [3.8, 4) is 11.5 Å². The average Bonchev–Trinajstić information content (AvgIpc) is 3.25. The summed E-state index contributed by atoms with van der Waals surface area (Å²) >= 11 is 0. The van der Waals surface area contributed by atoms with Crippen LogP contribution in [0.1, 0.15) is 50.0 Å². The van der Waals surface area contributed by atoms with Crippen molar-refractivity contribution in [2.24, 2.45) is 0 Å². The smallest absolute Gasteiger partial charge is 0.291 e. The minimum atomic E-state index is -0.748. The summed E-state index contributed by atoms with van der Waals surface area (Å²) in [5, 5.41) is 0.420. The molecule has 0 bridgehead atoms. The van der Waals surface area contributed by atoms with Crippen LogP contribution in [0.15, 0.2) is 94.1 Å². The molecule has 1 aromatic heterocycles. The Morgan fingerprint density at radius 3 is 2.32 bits per heavy atom. The Hall–Kier alpha value is -4.91. The normalized spacial score (nSPS) is 14.4. The predicted octanol–water partition coefficient (Wildman–Crippen LogP) is 6.88. The number of aryl methyl sites for hydroxylation is 2. The Labute approximate surface area is 236 Å². The lowest BCUT2D eigenvalue weighted by atomic mass is 9.97. The number of fused-ring (bicyclic) bond motifs is 2. The average molecular weight is 550 g/mol. The Bertz CT molecular complexity index is 1830. The highest BCUT2D eigenvalue weighted by atomic mass is 19.1. The molecule has 1 amide bonds. The molecular formula is C34H28FNO5. The highest BCUT2D eigenvalue weighted by Crippen LogP contribution is 2.42. The summed E-state index contributed by atoms with van der Waals surface area (Å²) in [6.45, 7) is 4.37. The van der Waals surface area contributed by atoms with Crippen molar-refractivity contribution in [1.29, 1.82) is 0 Å². The molecule has 0 saturated heterocycles. The van der Waals surface area contributed by atoms with Crippen LogP contribution in [0.3, 0.4) is 0 Å². The van der Waals surface area contributed by atoms with Crippen molar-refractivity contribution in [3.63, 3.8) is 0 Å². The number of amides is 1. The van der Waals surface area contributed by atoms with Gasteiger partial charge in [0.2, 0.25) is 5.76 Å². The lowest BCUT2D eigenvalue weighted by molar-refractivity contribution is 0.0714. The number of benzene rings is 4. The second-order valence-electron chi connectivity index (χ2n) is 10.3. The summed E-state index contributed by atoms with van der Waals surface area (Å²) in [6, 6.07) is 24.0. The zero-order chi connectivity index (χ0) is 28.7. The summed E-state index contributed by atoms with van der Waals surface area (Å²) in [5.41, 5.74) is 4.69. The van der Waals surface area contributed by atoms with Gasteiger partial charge in [-0.15, -0.1) is 0 Å². The van der Waals surface area contributed by atoms with Crippen LogP contribution in [0.25, 0.3) is 11.0 Å². The first kappa shape index (κ1) is 26.3. The van der Waals surface area contributed by atoms with Crippen molar-refractivity contribution in [1.82, 2.24) is 4.90 Å². The first-order valence-corrected chi connectivity index (χ1v) is 13.3. The summed E-state index contributed by atoms with van der Waals surface area (Å²) in [5.74, 6) is 0.242. The Morgan fingerprint density at radius 1 is 0.854 bits per heavy atom. The third-order valence-corrected chi connectivity index (χ3v) is 7.59. The van der Waals surface area contributed by atoms with E-state index in [0.29, 0.717) is 34.6 Å². The SMILES string of the molecule is COc1cc(C2c3c(oc4cc(C)c(C)cc4c3=O)C(=O)N2Cc2ccc(F)cc2)ccc1OCc1ccccc1. The van der Waals surface area contributed by atoms with Crippen LogP contribution in [-0.4, -0.2) is 17.9 Å². The van der Waals surface area contributed by atoms with Crippen molar-refractivity contribution in [2.75, 3.05) is 7.11 Å². The molecule has 2 heterocycles. The van der Waals surface area contributed by atoms with Crippen molar-refractivity contribution in [2.45, 2.75) is 33.0 Å². The second kappa shape index (κ2) is 10.6. The molecule has 6 rings (SSSR count). The first-order chi connectivity index (χ1) is 19.8. The number of hydrogen-bond acceptors (Lipinski definition) is 5. The third-order valence-electron chi connectivity index (χ3n) is 7.59. The van der Waals surface area contributed by atoms with Crippen molar-refractivity contribution in [3.05, 3.63) is 140 Å². The summed E-state index contributed by atoms with van der Waals surface area (Å²) in [7, 11) is 1.55. The van der Waals surface area contributed by atoms with Crippen LogP contribution in [0.2, 0.25) is 0 Å². The standard InChI is InChI=1S/C34H28FNO5/c1-20-15-26-28(16-21(20)2)41-33-30(32(26)37)31(36(34(33)38)18-22-9-12-25(35)13-10-22)24-11-14-27(29(17-24)39-3)40-19-23-7-5-4-6-8-23/h4-17,31H,18-19H2,1-3H3. The van der Waals surface area contributed by atoms with Gasteiger partial charge < -0.3 is 18.8 Å². The number of halogens is 1. The van der Waals surface area contributed by atoms with E-state index in [2.05, 4.69) is 0 Å². The lowest BCUT2D eigenvalue weighted by Crippen LogP contribution is -2.29. The fourth-order valence-corrected chi connectivity index (χ4v) is 5.28. The number of methoxy groups -OCH3 is 1. The molecule has 0 spiro atoms. The molecule has 7 heteroatoms. The van der Waals surface area contributed by atoms with Gasteiger partial charge in [0, 0.05) is 6.54 Å². The Morgan fingerprint density at radius 2 is 1.59 bits per heavy atom. The topological polar surface area (TPSA) is 69.0 Å². The van der Waals surface area contributed by atoms with E-state index < -0.39 is 11.9 Å². The lowest BCUT2D eigenvalue weighted by Gasteiger charge is -2.26. The van der Waals surface area contributed by atoms with Crippen LogP contribution in [0.5, 0.6) is 11.5 Å². The molecule has 4 aromatic carbocycles. The number of nitrogens with zero attached hydrogens (tertiary/aromatic N) is 1. The molecule has 1 aliphatic heterocycles. The molecule has 1 unspecified atom stereocenters. The molecule has 206 valence electrons. The van der Waals surface area contributed by atoms with Crippen LogP contribution < -0.4 is 14.9 Å². The van der Waals surface area contributed by atoms with Crippen LogP contribution >= 0.6 is 0 Å². The minimum absolute atomic E-state index is 0.0150. The molecule has 0 radical (unpaired) electrons. The molecule has 0 aliphatic carbocycles. The fraction of sp³-hybridized carbons (Fsp3) is 0.176. The molecule has 1 aliphatic rings. The van der Waals surface area contributed by atoms with Gasteiger partial charge in [-0.1, -0.05) is 48.5 Å². The molecule has 41 heavy (non-hydrogen) atoms. The van der Waals surface area contributed by atoms with E-state index >= 15 is 0 Å². The summed E-state index contributed by atoms with van der Waals surface area (Å²) in [6.07, 6.45) is 0. The van der Waals surface area contributed by atoms with E-state index in [4.69, 9.17) is 13.9 Å². The largest absolute Gasteiger partial charge is 0.493 e. The van der Waals surface area contributed by atoms with Crippen LogP contribution in [0.4, 0.5) is 4.39 Å². The molecule has 0 fully saturated rings. The van der Waals surface area contributed by atoms with E-state index in [1.165, 1.54) is 12.1 Å². The van der Waals surface area contributed by atoms with E-state index in [-0.39, 0.29) is 29.1 Å². The molecule has 6 nitrogen and oxygen atoms in total. The van der Waals surface area contributed by atoms with Crippen LogP contribution in [0, 0.1) is 19.7 Å². The molecular weight excluding hydrogens is 521 g/mol. The van der Waals surface area contributed by atoms with Gasteiger partial charge in [-0.3, -0.25) is 9.59 Å². The molecule has 5 aromatic rings. The van der Waals surface area contributed by atoms with Crippen molar-refractivity contribution < 1.29 is 23.1 Å². The van der Waals surface area contributed by atoms with Gasteiger partial charge in [-0.05, 0) is 78.1 Å². The number of ether oxygens (including phenoxy) is 2. The quantitative estimate of drug-likeness (QED) is 0.221. The van der Waals surface area contributed by atoms with Gasteiger partial charge in [0.1, 0.15) is 18.0 Å². The zero-order valence-electron chi connectivity index (χ0n) is 22.9.